The van der Waals surface area contributed by atoms with Crippen molar-refractivity contribution in [3.05, 3.63) is 51.2 Å². The summed E-state index contributed by atoms with van der Waals surface area (Å²) in [4.78, 5) is 10.0. The minimum atomic E-state index is -0.442. The Morgan fingerprint density at radius 1 is 1.41 bits per heavy atom. The summed E-state index contributed by atoms with van der Waals surface area (Å²) in [5.41, 5.74) is 6.61. The molecule has 0 bridgehead atoms. The zero-order chi connectivity index (χ0) is 12.4. The smallest absolute Gasteiger partial charge is 0.269 e. The Bertz CT molecular complexity index is 550. The Morgan fingerprint density at radius 3 is 2.53 bits per heavy atom. The molecule has 1 aromatic heterocycles. The van der Waals surface area contributed by atoms with Crippen molar-refractivity contribution in [1.29, 1.82) is 0 Å². The molecule has 2 N–H and O–H groups in total. The molecule has 1 heterocycles. The van der Waals surface area contributed by atoms with E-state index >= 15 is 0 Å². The first-order valence-corrected chi connectivity index (χ1v) is 5.16. The van der Waals surface area contributed by atoms with Gasteiger partial charge in [0.05, 0.1) is 17.7 Å². The number of nitro groups is 1. The molecule has 0 aliphatic carbocycles. The van der Waals surface area contributed by atoms with Crippen LogP contribution in [0.25, 0.3) is 0 Å². The lowest BCUT2D eigenvalue weighted by molar-refractivity contribution is -0.384. The number of non-ortho nitro benzene ring substituents is 1. The molecule has 6 nitrogen and oxygen atoms in total. The van der Waals surface area contributed by atoms with E-state index in [1.807, 2.05) is 0 Å². The molecule has 0 aliphatic rings. The molecule has 0 fully saturated rings. The Balaban J connectivity index is 2.19. The number of hydrogen-bond acceptors (Lipinski definition) is 4. The topological polar surface area (TPSA) is 87.0 Å². The number of hydrogen-bond donors (Lipinski definition) is 1. The predicted molar refractivity (Wildman–Crippen MR) is 63.8 cm³/mol. The summed E-state index contributed by atoms with van der Waals surface area (Å²) >= 11 is 5.76. The summed E-state index contributed by atoms with van der Waals surface area (Å²) in [7, 11) is 0. The van der Waals surface area contributed by atoms with Crippen LogP contribution in [0.2, 0.25) is 5.02 Å². The lowest BCUT2D eigenvalue weighted by atomic mass is 10.2. The maximum absolute atomic E-state index is 10.5. The minimum absolute atomic E-state index is 0.0558. The molecule has 0 radical (unpaired) electrons. The highest BCUT2D eigenvalue weighted by Crippen LogP contribution is 2.19. The third-order valence-corrected chi connectivity index (χ3v) is 2.60. The van der Waals surface area contributed by atoms with Gasteiger partial charge in [-0.05, 0) is 5.56 Å². The molecule has 7 heteroatoms. The van der Waals surface area contributed by atoms with Crippen molar-refractivity contribution in [3.8, 4) is 0 Å². The summed E-state index contributed by atoms with van der Waals surface area (Å²) in [6.07, 6.45) is 1.46. The average Bonchev–Trinajstić information content (AvgIpc) is 2.62. The maximum Gasteiger partial charge on any atom is 0.269 e. The first-order chi connectivity index (χ1) is 8.08. The summed E-state index contributed by atoms with van der Waals surface area (Å²) in [6.45, 7) is 0.427. The van der Waals surface area contributed by atoms with Crippen molar-refractivity contribution >= 4 is 23.1 Å². The molecule has 17 heavy (non-hydrogen) atoms. The highest BCUT2D eigenvalue weighted by atomic mass is 35.5. The third-order valence-electron chi connectivity index (χ3n) is 2.31. The number of nitrogens with zero attached hydrogens (tertiary/aromatic N) is 3. The monoisotopic (exact) mass is 252 g/mol. The number of rotatable bonds is 3. The summed E-state index contributed by atoms with van der Waals surface area (Å²) < 4.78 is 1.53. The highest BCUT2D eigenvalue weighted by molar-refractivity contribution is 6.32. The molecular formula is C10H9ClN4O2. The van der Waals surface area contributed by atoms with Crippen LogP contribution in [-0.4, -0.2) is 14.7 Å². The number of aromatic nitrogens is 2. The van der Waals surface area contributed by atoms with Crippen LogP contribution in [0.4, 0.5) is 11.5 Å². The van der Waals surface area contributed by atoms with Crippen LogP contribution < -0.4 is 5.73 Å². The van der Waals surface area contributed by atoms with Crippen molar-refractivity contribution < 1.29 is 4.92 Å². The number of nitro benzene ring substituents is 1. The van der Waals surface area contributed by atoms with Crippen molar-refractivity contribution in [2.45, 2.75) is 6.54 Å². The Hall–Kier alpha value is -2.08. The third kappa shape index (κ3) is 2.36. The van der Waals surface area contributed by atoms with E-state index in [0.29, 0.717) is 17.4 Å². The van der Waals surface area contributed by atoms with Crippen LogP contribution in [0.1, 0.15) is 5.56 Å². The molecule has 1 aromatic carbocycles. The molecule has 0 atom stereocenters. The zero-order valence-electron chi connectivity index (χ0n) is 8.71. The second kappa shape index (κ2) is 4.42. The van der Waals surface area contributed by atoms with E-state index in [9.17, 15) is 10.1 Å². The van der Waals surface area contributed by atoms with Gasteiger partial charge >= 0.3 is 0 Å². The summed E-state index contributed by atoms with van der Waals surface area (Å²) in [5, 5.41) is 14.9. The van der Waals surface area contributed by atoms with Gasteiger partial charge in [0.15, 0.2) is 0 Å². The van der Waals surface area contributed by atoms with Gasteiger partial charge in [0.2, 0.25) is 0 Å². The van der Waals surface area contributed by atoms with E-state index in [1.165, 1.54) is 23.0 Å². The van der Waals surface area contributed by atoms with Crippen molar-refractivity contribution in [1.82, 2.24) is 9.78 Å². The molecule has 0 spiro atoms. The van der Waals surface area contributed by atoms with Crippen LogP contribution in [0.15, 0.2) is 30.5 Å². The summed E-state index contributed by atoms with van der Waals surface area (Å²) in [5.74, 6) is 0.380. The van der Waals surface area contributed by atoms with Crippen LogP contribution in [0.3, 0.4) is 0 Å². The van der Waals surface area contributed by atoms with Crippen molar-refractivity contribution in [2.24, 2.45) is 0 Å². The van der Waals surface area contributed by atoms with Crippen LogP contribution >= 0.6 is 11.6 Å². The molecule has 2 rings (SSSR count). The second-order valence-corrected chi connectivity index (χ2v) is 3.87. The van der Waals surface area contributed by atoms with Gasteiger partial charge in [-0.25, -0.2) is 4.68 Å². The fourth-order valence-corrected chi connectivity index (χ4v) is 1.54. The quantitative estimate of drug-likeness (QED) is 0.669. The van der Waals surface area contributed by atoms with Gasteiger partial charge in [0.1, 0.15) is 10.8 Å². The lowest BCUT2D eigenvalue weighted by Gasteiger charge is -2.04. The Morgan fingerprint density at radius 2 is 2.06 bits per heavy atom. The van der Waals surface area contributed by atoms with Crippen LogP contribution in [0, 0.1) is 10.1 Å². The highest BCUT2D eigenvalue weighted by Gasteiger charge is 2.07. The van der Waals surface area contributed by atoms with Crippen molar-refractivity contribution in [3.63, 3.8) is 0 Å². The zero-order valence-corrected chi connectivity index (χ0v) is 9.46. The van der Waals surface area contributed by atoms with E-state index in [-0.39, 0.29) is 5.69 Å². The van der Waals surface area contributed by atoms with Gasteiger partial charge in [0, 0.05) is 12.1 Å². The van der Waals surface area contributed by atoms with E-state index in [0.717, 1.165) is 5.56 Å². The van der Waals surface area contributed by atoms with Gasteiger partial charge < -0.3 is 5.73 Å². The van der Waals surface area contributed by atoms with Gasteiger partial charge in [0.25, 0.3) is 5.69 Å². The van der Waals surface area contributed by atoms with E-state index in [2.05, 4.69) is 5.10 Å². The first-order valence-electron chi connectivity index (χ1n) is 4.78. The minimum Gasteiger partial charge on any atom is -0.383 e. The fourth-order valence-electron chi connectivity index (χ4n) is 1.39. The van der Waals surface area contributed by atoms with Gasteiger partial charge in [-0.1, -0.05) is 23.7 Å². The number of benzene rings is 1. The fraction of sp³-hybridized carbons (Fsp3) is 0.100. The average molecular weight is 253 g/mol. The number of nitrogens with two attached hydrogens (primary N) is 1. The van der Waals surface area contributed by atoms with E-state index in [1.54, 1.807) is 12.1 Å². The molecule has 88 valence electrons. The standard InChI is InChI=1S/C10H9ClN4O2/c11-9-5-13-14(10(9)12)6-7-1-3-8(4-2-7)15(16)17/h1-5H,6,12H2. The molecule has 0 unspecified atom stereocenters. The largest absolute Gasteiger partial charge is 0.383 e. The van der Waals surface area contributed by atoms with Crippen molar-refractivity contribution in [2.75, 3.05) is 5.73 Å². The number of nitrogen functional groups attached to an aromatic ring is 1. The normalized spacial score (nSPS) is 10.4. The van der Waals surface area contributed by atoms with Crippen LogP contribution in [0.5, 0.6) is 0 Å². The number of halogens is 1. The Labute approximate surface area is 102 Å². The first kappa shape index (κ1) is 11.4. The summed E-state index contributed by atoms with van der Waals surface area (Å²) in [6, 6.07) is 6.20. The maximum atomic E-state index is 10.5. The second-order valence-electron chi connectivity index (χ2n) is 3.46. The molecule has 0 saturated heterocycles. The molecule has 0 saturated carbocycles. The van der Waals surface area contributed by atoms with Gasteiger partial charge in [-0.2, -0.15) is 5.10 Å². The lowest BCUT2D eigenvalue weighted by Crippen LogP contribution is -2.05. The molecular weight excluding hydrogens is 244 g/mol. The Kier molecular flexibility index (Phi) is 2.97. The predicted octanol–water partition coefficient (Wildman–Crippen LogP) is 2.08. The molecule has 2 aromatic rings. The SMILES string of the molecule is Nc1c(Cl)cnn1Cc1ccc([N+](=O)[O-])cc1. The number of anilines is 1. The van der Waals surface area contributed by atoms with Crippen LogP contribution in [-0.2, 0) is 6.54 Å². The molecule has 0 aliphatic heterocycles. The van der Waals surface area contributed by atoms with Gasteiger partial charge in [-0.15, -0.1) is 0 Å². The van der Waals surface area contributed by atoms with E-state index in [4.69, 9.17) is 17.3 Å². The molecule has 0 amide bonds. The van der Waals surface area contributed by atoms with Gasteiger partial charge in [-0.3, -0.25) is 10.1 Å². The van der Waals surface area contributed by atoms with E-state index < -0.39 is 4.92 Å².